The number of unbranched alkanes of at least 4 members (excludes halogenated alkanes) is 1. The molecule has 1 amide bonds. The van der Waals surface area contributed by atoms with E-state index in [0.29, 0.717) is 12.1 Å². The summed E-state index contributed by atoms with van der Waals surface area (Å²) >= 11 is 0. The zero-order valence-electron chi connectivity index (χ0n) is 12.3. The average Bonchev–Trinajstić information content (AvgIpc) is 2.51. The summed E-state index contributed by atoms with van der Waals surface area (Å²) in [6.07, 6.45) is 3.91. The largest absolute Gasteiger partial charge is 0.397 e. The first kappa shape index (κ1) is 15.0. The summed E-state index contributed by atoms with van der Waals surface area (Å²) in [4.78, 5) is 18.6. The fourth-order valence-corrected chi connectivity index (χ4v) is 2.11. The smallest absolute Gasteiger partial charge is 0.232 e. The third kappa shape index (κ3) is 4.31. The maximum Gasteiger partial charge on any atom is 0.232 e. The highest BCUT2D eigenvalue weighted by Crippen LogP contribution is 2.16. The van der Waals surface area contributed by atoms with Crippen LogP contribution in [0.2, 0.25) is 0 Å². The Morgan fingerprint density at radius 1 is 1.19 bits per heavy atom. The van der Waals surface area contributed by atoms with Crippen LogP contribution in [0, 0.1) is 0 Å². The fraction of sp³-hybridized carbons (Fsp3) is 0.294. The van der Waals surface area contributed by atoms with Crippen LogP contribution in [0.25, 0.3) is 0 Å². The van der Waals surface area contributed by atoms with Crippen molar-refractivity contribution in [3.8, 4) is 0 Å². The number of anilines is 2. The van der Waals surface area contributed by atoms with Gasteiger partial charge in [-0.05, 0) is 30.7 Å². The number of nitrogens with two attached hydrogens (primary N) is 1. The zero-order chi connectivity index (χ0) is 15.1. The molecular weight excluding hydrogens is 262 g/mol. The van der Waals surface area contributed by atoms with Crippen LogP contribution in [0.4, 0.5) is 11.4 Å². The van der Waals surface area contributed by atoms with Gasteiger partial charge in [-0.25, -0.2) is 0 Å². The number of carbonyl (C=O) groups is 1. The van der Waals surface area contributed by atoms with Crippen molar-refractivity contribution < 1.29 is 4.79 Å². The molecule has 0 aliphatic heterocycles. The van der Waals surface area contributed by atoms with Crippen molar-refractivity contribution in [2.45, 2.75) is 26.2 Å². The molecular formula is C17H21N3O. The highest BCUT2D eigenvalue weighted by atomic mass is 16.2. The van der Waals surface area contributed by atoms with Gasteiger partial charge in [0.1, 0.15) is 0 Å². The molecule has 2 rings (SSSR count). The number of aromatic nitrogens is 1. The third-order valence-corrected chi connectivity index (χ3v) is 3.28. The van der Waals surface area contributed by atoms with Crippen LogP contribution in [0.1, 0.15) is 25.5 Å². The molecule has 110 valence electrons. The molecule has 0 unspecified atom stereocenters. The summed E-state index contributed by atoms with van der Waals surface area (Å²) in [6.45, 7) is 2.85. The number of benzene rings is 1. The number of amides is 1. The number of hydrogen-bond donors (Lipinski definition) is 1. The number of nitrogen functional groups attached to an aromatic ring is 1. The molecule has 21 heavy (non-hydrogen) atoms. The first-order chi connectivity index (χ1) is 10.2. The summed E-state index contributed by atoms with van der Waals surface area (Å²) in [6, 6.07) is 13.3. The van der Waals surface area contributed by atoms with Gasteiger partial charge in [0.25, 0.3) is 0 Å². The lowest BCUT2D eigenvalue weighted by Crippen LogP contribution is -2.33. The van der Waals surface area contributed by atoms with Gasteiger partial charge >= 0.3 is 0 Å². The Balaban J connectivity index is 2.12. The predicted octanol–water partition coefficient (Wildman–Crippen LogP) is 3.04. The highest BCUT2D eigenvalue weighted by molar-refractivity contribution is 5.94. The van der Waals surface area contributed by atoms with Gasteiger partial charge in [0, 0.05) is 17.9 Å². The van der Waals surface area contributed by atoms with Gasteiger partial charge in [0.05, 0.1) is 18.3 Å². The molecule has 1 aromatic heterocycles. The second-order valence-electron chi connectivity index (χ2n) is 4.99. The van der Waals surface area contributed by atoms with Crippen molar-refractivity contribution in [1.29, 1.82) is 0 Å². The van der Waals surface area contributed by atoms with Crippen molar-refractivity contribution in [3.05, 3.63) is 54.4 Å². The fourth-order valence-electron chi connectivity index (χ4n) is 2.11. The standard InChI is InChI=1S/C17H21N3O/c1-2-3-11-20(16-7-5-4-6-8-16)17(21)12-15-10-9-14(18)13-19-15/h4-10,13H,2-3,11-12,18H2,1H3. The van der Waals surface area contributed by atoms with E-state index in [0.717, 1.165) is 30.8 Å². The van der Waals surface area contributed by atoms with Crippen LogP contribution in [-0.4, -0.2) is 17.4 Å². The Morgan fingerprint density at radius 2 is 1.95 bits per heavy atom. The summed E-state index contributed by atoms with van der Waals surface area (Å²) in [5, 5.41) is 0. The van der Waals surface area contributed by atoms with Crippen molar-refractivity contribution >= 4 is 17.3 Å². The minimum Gasteiger partial charge on any atom is -0.397 e. The molecule has 0 saturated carbocycles. The van der Waals surface area contributed by atoms with E-state index in [1.54, 1.807) is 18.3 Å². The van der Waals surface area contributed by atoms with E-state index in [1.807, 2.05) is 35.2 Å². The molecule has 4 heteroatoms. The molecule has 2 aromatic rings. The molecule has 1 aromatic carbocycles. The highest BCUT2D eigenvalue weighted by Gasteiger charge is 2.15. The molecule has 0 fully saturated rings. The normalized spacial score (nSPS) is 10.3. The summed E-state index contributed by atoms with van der Waals surface area (Å²) in [5.74, 6) is 0.0620. The van der Waals surface area contributed by atoms with Crippen LogP contribution < -0.4 is 10.6 Å². The zero-order valence-corrected chi connectivity index (χ0v) is 12.3. The maximum absolute atomic E-state index is 12.6. The van der Waals surface area contributed by atoms with Gasteiger partial charge in [0.15, 0.2) is 0 Å². The van der Waals surface area contributed by atoms with E-state index in [9.17, 15) is 4.79 Å². The van der Waals surface area contributed by atoms with Gasteiger partial charge in [-0.1, -0.05) is 31.5 Å². The van der Waals surface area contributed by atoms with Gasteiger partial charge in [-0.15, -0.1) is 0 Å². The molecule has 2 N–H and O–H groups in total. The van der Waals surface area contributed by atoms with Gasteiger partial charge in [0.2, 0.25) is 5.91 Å². The first-order valence-corrected chi connectivity index (χ1v) is 7.26. The van der Waals surface area contributed by atoms with Crippen LogP contribution >= 0.6 is 0 Å². The number of rotatable bonds is 6. The number of para-hydroxylation sites is 1. The number of carbonyl (C=O) groups excluding carboxylic acids is 1. The van der Waals surface area contributed by atoms with Crippen molar-refractivity contribution in [2.24, 2.45) is 0 Å². The lowest BCUT2D eigenvalue weighted by molar-refractivity contribution is -0.118. The summed E-state index contributed by atoms with van der Waals surface area (Å²) < 4.78 is 0. The topological polar surface area (TPSA) is 59.2 Å². The monoisotopic (exact) mass is 283 g/mol. The molecule has 4 nitrogen and oxygen atoms in total. The quantitative estimate of drug-likeness (QED) is 0.886. The second kappa shape index (κ2) is 7.43. The van der Waals surface area contributed by atoms with E-state index < -0.39 is 0 Å². The van der Waals surface area contributed by atoms with Crippen LogP contribution in [0.15, 0.2) is 48.7 Å². The summed E-state index contributed by atoms with van der Waals surface area (Å²) in [7, 11) is 0. The third-order valence-electron chi connectivity index (χ3n) is 3.28. The molecule has 0 saturated heterocycles. The molecule has 0 radical (unpaired) electrons. The molecule has 0 aliphatic carbocycles. The van der Waals surface area contributed by atoms with Gasteiger partial charge in [-0.3, -0.25) is 9.78 Å². The van der Waals surface area contributed by atoms with Crippen LogP contribution in [-0.2, 0) is 11.2 Å². The Bertz CT molecular complexity index is 566. The molecule has 0 bridgehead atoms. The molecule has 0 spiro atoms. The average molecular weight is 283 g/mol. The Labute approximate surface area is 125 Å². The second-order valence-corrected chi connectivity index (χ2v) is 4.99. The Hall–Kier alpha value is -2.36. The van der Waals surface area contributed by atoms with E-state index in [-0.39, 0.29) is 5.91 Å². The van der Waals surface area contributed by atoms with Crippen molar-refractivity contribution in [3.63, 3.8) is 0 Å². The molecule has 1 heterocycles. The minimum absolute atomic E-state index is 0.0620. The van der Waals surface area contributed by atoms with E-state index in [1.165, 1.54) is 0 Å². The SMILES string of the molecule is CCCCN(C(=O)Cc1ccc(N)cn1)c1ccccc1. The van der Waals surface area contributed by atoms with Crippen LogP contribution in [0.3, 0.4) is 0 Å². The van der Waals surface area contributed by atoms with Gasteiger partial charge in [-0.2, -0.15) is 0 Å². The first-order valence-electron chi connectivity index (χ1n) is 7.26. The lowest BCUT2D eigenvalue weighted by Gasteiger charge is -2.22. The van der Waals surface area contributed by atoms with E-state index in [4.69, 9.17) is 5.73 Å². The predicted molar refractivity (Wildman–Crippen MR) is 86.1 cm³/mol. The summed E-state index contributed by atoms with van der Waals surface area (Å²) in [5.41, 5.74) is 7.90. The van der Waals surface area contributed by atoms with Gasteiger partial charge < -0.3 is 10.6 Å². The minimum atomic E-state index is 0.0620. The lowest BCUT2D eigenvalue weighted by atomic mass is 10.2. The number of nitrogens with zero attached hydrogens (tertiary/aromatic N) is 2. The Morgan fingerprint density at radius 3 is 2.57 bits per heavy atom. The molecule has 0 atom stereocenters. The van der Waals surface area contributed by atoms with E-state index in [2.05, 4.69) is 11.9 Å². The number of pyridine rings is 1. The van der Waals surface area contributed by atoms with Crippen molar-refractivity contribution in [2.75, 3.05) is 17.2 Å². The Kier molecular flexibility index (Phi) is 5.32. The van der Waals surface area contributed by atoms with Crippen molar-refractivity contribution in [1.82, 2.24) is 4.98 Å². The van der Waals surface area contributed by atoms with E-state index >= 15 is 0 Å². The maximum atomic E-state index is 12.6. The molecule has 0 aliphatic rings. The van der Waals surface area contributed by atoms with Crippen LogP contribution in [0.5, 0.6) is 0 Å². The number of hydrogen-bond acceptors (Lipinski definition) is 3.